The van der Waals surface area contributed by atoms with Crippen LogP contribution in [0.1, 0.15) is 187 Å². The number of hydrogen-bond donors (Lipinski definition) is 0. The molecule has 0 aromatic rings. The lowest BCUT2D eigenvalue weighted by Gasteiger charge is -2.04. The fraction of sp³-hybridized carbons (Fsp3) is 0.763. The van der Waals surface area contributed by atoms with E-state index in [1.165, 1.54) is 186 Å². The molecule has 0 N–H and O–H groups in total. The van der Waals surface area contributed by atoms with Crippen molar-refractivity contribution in [1.29, 1.82) is 0 Å². The van der Waals surface area contributed by atoms with Gasteiger partial charge in [0.25, 0.3) is 0 Å². The lowest BCUT2D eigenvalue weighted by atomic mass is 10.0. The average Bonchev–Trinajstić information content (AvgIpc) is 2.95. The van der Waals surface area contributed by atoms with Gasteiger partial charge in [-0.2, -0.15) is 0 Å². The van der Waals surface area contributed by atoms with Crippen LogP contribution in [0.4, 0.5) is 0 Å². The van der Waals surface area contributed by atoms with Crippen LogP contribution in [-0.4, -0.2) is 5.78 Å². The number of rotatable bonds is 32. The van der Waals surface area contributed by atoms with Gasteiger partial charge < -0.3 is 0 Å². The maximum atomic E-state index is 11.0. The molecule has 0 saturated carbocycles. The zero-order chi connectivity index (χ0) is 28.3. The van der Waals surface area contributed by atoms with Crippen LogP contribution in [0.15, 0.2) is 49.1 Å². The van der Waals surface area contributed by atoms with Gasteiger partial charge in [0.15, 0.2) is 5.78 Å². The van der Waals surface area contributed by atoms with Crippen LogP contribution in [0.3, 0.4) is 0 Å². The minimum Gasteiger partial charge on any atom is -0.290 e. The summed E-state index contributed by atoms with van der Waals surface area (Å²) in [5.41, 5.74) is 0. The summed E-state index contributed by atoms with van der Waals surface area (Å²) in [7, 11) is 0. The molecular weight excluding hydrogens is 472 g/mol. The van der Waals surface area contributed by atoms with E-state index in [0.717, 1.165) is 6.42 Å². The van der Waals surface area contributed by atoms with Crippen molar-refractivity contribution in [2.45, 2.75) is 187 Å². The number of carbonyl (C=O) groups is 1. The fourth-order valence-electron chi connectivity index (χ4n) is 5.28. The summed E-state index contributed by atoms with van der Waals surface area (Å²) in [5, 5.41) is 0. The molecule has 0 radical (unpaired) electrons. The monoisotopic (exact) mass is 541 g/mol. The maximum absolute atomic E-state index is 11.0. The van der Waals surface area contributed by atoms with Gasteiger partial charge in [-0.05, 0) is 25.0 Å². The Hall–Kier alpha value is -1.37. The van der Waals surface area contributed by atoms with Crippen molar-refractivity contribution in [2.75, 3.05) is 0 Å². The third-order valence-corrected chi connectivity index (χ3v) is 7.91. The Balaban J connectivity index is 3.14. The van der Waals surface area contributed by atoms with Gasteiger partial charge in [-0.25, -0.2) is 0 Å². The summed E-state index contributed by atoms with van der Waals surface area (Å²) in [4.78, 5) is 11.0. The second-order valence-corrected chi connectivity index (χ2v) is 11.8. The first kappa shape index (κ1) is 37.6. The van der Waals surface area contributed by atoms with E-state index in [9.17, 15) is 4.79 Å². The van der Waals surface area contributed by atoms with Gasteiger partial charge in [-0.3, -0.25) is 4.79 Å². The minimum atomic E-state index is -0.0515. The Morgan fingerprint density at radius 2 is 0.744 bits per heavy atom. The molecule has 0 aliphatic carbocycles. The normalized spacial score (nSPS) is 11.9. The topological polar surface area (TPSA) is 17.1 Å². The molecule has 0 amide bonds. The van der Waals surface area contributed by atoms with Crippen LogP contribution < -0.4 is 0 Å². The molecule has 0 aromatic heterocycles. The molecule has 0 aromatic carbocycles. The first-order valence-corrected chi connectivity index (χ1v) is 17.5. The van der Waals surface area contributed by atoms with Crippen molar-refractivity contribution in [3.8, 4) is 0 Å². The van der Waals surface area contributed by atoms with E-state index in [4.69, 9.17) is 0 Å². The first-order chi connectivity index (χ1) is 19.3. The van der Waals surface area contributed by atoms with Gasteiger partial charge >= 0.3 is 0 Å². The van der Waals surface area contributed by atoms with Gasteiger partial charge in [-0.15, -0.1) is 0 Å². The largest absolute Gasteiger partial charge is 0.290 e. The quantitative estimate of drug-likeness (QED) is 0.0471. The SMILES string of the molecule is C=CC(=O)C=CC=CC=CCCCCCCCCCCCCCCCCCCCCCCCCCCCCC. The fourth-order valence-corrected chi connectivity index (χ4v) is 5.28. The van der Waals surface area contributed by atoms with Crippen LogP contribution in [0.2, 0.25) is 0 Å². The van der Waals surface area contributed by atoms with Gasteiger partial charge in [-0.1, -0.05) is 211 Å². The van der Waals surface area contributed by atoms with Crippen molar-refractivity contribution in [3.63, 3.8) is 0 Å². The third kappa shape index (κ3) is 34.6. The zero-order valence-electron chi connectivity index (χ0n) is 26.5. The summed E-state index contributed by atoms with van der Waals surface area (Å²) < 4.78 is 0. The van der Waals surface area contributed by atoms with Gasteiger partial charge in [0.2, 0.25) is 0 Å². The standard InChI is InChI=1S/C38H68O/c1-3-5-6-7-8-9-10-11-12-13-14-15-16-17-18-19-20-21-22-23-24-25-26-27-28-29-30-31-32-33-34-35-36-37-38(39)4-2/h4,32-37H,2-3,5-31H2,1H3. The molecular formula is C38H68O. The van der Waals surface area contributed by atoms with Crippen molar-refractivity contribution in [3.05, 3.63) is 49.1 Å². The highest BCUT2D eigenvalue weighted by atomic mass is 16.1. The molecule has 1 heteroatoms. The Morgan fingerprint density at radius 1 is 0.436 bits per heavy atom. The van der Waals surface area contributed by atoms with Gasteiger partial charge in [0.1, 0.15) is 0 Å². The van der Waals surface area contributed by atoms with Crippen LogP contribution in [0.25, 0.3) is 0 Å². The summed E-state index contributed by atoms with van der Waals surface area (Å²) in [6, 6.07) is 0. The van der Waals surface area contributed by atoms with Crippen LogP contribution in [-0.2, 0) is 4.79 Å². The van der Waals surface area contributed by atoms with E-state index in [1.54, 1.807) is 6.08 Å². The molecule has 39 heavy (non-hydrogen) atoms. The van der Waals surface area contributed by atoms with E-state index in [1.807, 2.05) is 12.2 Å². The Labute approximate surface area is 246 Å². The molecule has 0 unspecified atom stereocenters. The molecule has 1 nitrogen and oxygen atoms in total. The van der Waals surface area contributed by atoms with Crippen molar-refractivity contribution >= 4 is 5.78 Å². The highest BCUT2D eigenvalue weighted by Gasteiger charge is 1.96. The molecule has 0 heterocycles. The lowest BCUT2D eigenvalue weighted by Crippen LogP contribution is -1.85. The van der Waals surface area contributed by atoms with Crippen molar-refractivity contribution < 1.29 is 4.79 Å². The van der Waals surface area contributed by atoms with Crippen LogP contribution >= 0.6 is 0 Å². The van der Waals surface area contributed by atoms with Gasteiger partial charge in [0, 0.05) is 0 Å². The molecule has 0 saturated heterocycles. The van der Waals surface area contributed by atoms with E-state index in [2.05, 4.69) is 25.7 Å². The zero-order valence-corrected chi connectivity index (χ0v) is 26.5. The summed E-state index contributed by atoms with van der Waals surface area (Å²) in [6.45, 7) is 5.75. The molecule has 0 spiro atoms. The number of carbonyl (C=O) groups excluding carboxylic acids is 1. The Bertz CT molecular complexity index is 582. The smallest absolute Gasteiger partial charge is 0.178 e. The molecule has 0 rings (SSSR count). The molecule has 0 atom stereocenters. The highest BCUT2D eigenvalue weighted by Crippen LogP contribution is 2.16. The van der Waals surface area contributed by atoms with Crippen LogP contribution in [0.5, 0.6) is 0 Å². The molecule has 0 fully saturated rings. The van der Waals surface area contributed by atoms with E-state index >= 15 is 0 Å². The summed E-state index contributed by atoms with van der Waals surface area (Å²) in [5.74, 6) is -0.0515. The van der Waals surface area contributed by atoms with Crippen molar-refractivity contribution in [2.24, 2.45) is 0 Å². The number of unbranched alkanes of at least 4 members (excludes halogenated alkanes) is 27. The number of allylic oxidation sites excluding steroid dienone is 7. The number of hydrogen-bond acceptors (Lipinski definition) is 1. The lowest BCUT2D eigenvalue weighted by molar-refractivity contribution is -0.110. The maximum Gasteiger partial charge on any atom is 0.178 e. The van der Waals surface area contributed by atoms with Crippen LogP contribution in [0, 0.1) is 0 Å². The van der Waals surface area contributed by atoms with Gasteiger partial charge in [0.05, 0.1) is 0 Å². The predicted octanol–water partition coefficient (Wildman–Crippen LogP) is 13.4. The second kappa shape index (κ2) is 34.7. The first-order valence-electron chi connectivity index (χ1n) is 17.5. The van der Waals surface area contributed by atoms with E-state index in [-0.39, 0.29) is 5.78 Å². The molecule has 0 aliphatic rings. The predicted molar refractivity (Wildman–Crippen MR) is 178 cm³/mol. The molecule has 0 aliphatic heterocycles. The second-order valence-electron chi connectivity index (χ2n) is 11.8. The number of ketones is 1. The Morgan fingerprint density at radius 3 is 1.08 bits per heavy atom. The van der Waals surface area contributed by atoms with Crippen molar-refractivity contribution in [1.82, 2.24) is 0 Å². The summed E-state index contributed by atoms with van der Waals surface area (Å²) >= 11 is 0. The third-order valence-electron chi connectivity index (χ3n) is 7.91. The molecule has 226 valence electrons. The summed E-state index contributed by atoms with van der Waals surface area (Å²) in [6.07, 6.45) is 52.9. The highest BCUT2D eigenvalue weighted by molar-refractivity contribution is 5.98. The Kier molecular flexibility index (Phi) is 33.4. The van der Waals surface area contributed by atoms with E-state index < -0.39 is 0 Å². The average molecular weight is 541 g/mol. The van der Waals surface area contributed by atoms with E-state index in [0.29, 0.717) is 0 Å². The molecule has 0 bridgehead atoms. The minimum absolute atomic E-state index is 0.0515.